The number of halogens is 1. The number of aromatic nitrogens is 2. The van der Waals surface area contributed by atoms with Crippen LogP contribution in [0.5, 0.6) is 0 Å². The Morgan fingerprint density at radius 2 is 1.95 bits per heavy atom. The fourth-order valence-corrected chi connectivity index (χ4v) is 3.54. The van der Waals surface area contributed by atoms with Crippen LogP contribution in [0.3, 0.4) is 0 Å². The third-order valence-electron chi connectivity index (χ3n) is 3.27. The molecule has 1 aliphatic heterocycles. The molecule has 3 rings (SSSR count). The highest BCUT2D eigenvalue weighted by atomic mass is 35.5. The molecule has 6 nitrogen and oxygen atoms in total. The topological polar surface area (TPSA) is 75.2 Å². The van der Waals surface area contributed by atoms with Gasteiger partial charge in [-0.25, -0.2) is 4.98 Å². The van der Waals surface area contributed by atoms with E-state index in [4.69, 9.17) is 11.6 Å². The monoisotopic (exact) mass is 324 g/mol. The first-order valence-corrected chi connectivity index (χ1v) is 8.18. The predicted molar refractivity (Wildman–Crippen MR) is 80.1 cm³/mol. The van der Waals surface area contributed by atoms with Crippen LogP contribution < -0.4 is 4.72 Å². The summed E-state index contributed by atoms with van der Waals surface area (Å²) in [5.41, 5.74) is 2.21. The lowest BCUT2D eigenvalue weighted by Crippen LogP contribution is -2.39. The highest BCUT2D eigenvalue weighted by Gasteiger charge is 2.26. The zero-order valence-corrected chi connectivity index (χ0v) is 12.6. The number of nitrogens with one attached hydrogen (secondary N) is 1. The molecule has 0 unspecified atom stereocenters. The molecular formula is C13H13ClN4O2S. The maximum absolute atomic E-state index is 12.4. The van der Waals surface area contributed by atoms with Crippen LogP contribution in [-0.2, 0) is 23.2 Å². The van der Waals surface area contributed by atoms with E-state index < -0.39 is 10.2 Å². The van der Waals surface area contributed by atoms with Gasteiger partial charge in [0.25, 0.3) is 0 Å². The Kier molecular flexibility index (Phi) is 3.79. The van der Waals surface area contributed by atoms with Crippen LogP contribution in [0, 0.1) is 0 Å². The smallest absolute Gasteiger partial charge is 0.258 e. The van der Waals surface area contributed by atoms with Crippen LogP contribution in [0.15, 0.2) is 36.7 Å². The van der Waals surface area contributed by atoms with Gasteiger partial charge in [-0.05, 0) is 17.5 Å². The van der Waals surface area contributed by atoms with Crippen LogP contribution in [0.4, 0.5) is 5.82 Å². The summed E-state index contributed by atoms with van der Waals surface area (Å²) in [6.07, 6.45) is 3.36. The fraction of sp³-hybridized carbons (Fsp3) is 0.231. The predicted octanol–water partition coefficient (Wildman–Crippen LogP) is 1.84. The summed E-state index contributed by atoms with van der Waals surface area (Å²) in [7, 11) is -3.67. The molecule has 0 amide bonds. The van der Waals surface area contributed by atoms with Crippen LogP contribution in [0.2, 0.25) is 5.15 Å². The summed E-state index contributed by atoms with van der Waals surface area (Å²) >= 11 is 5.70. The van der Waals surface area contributed by atoms with Gasteiger partial charge in [-0.3, -0.25) is 9.71 Å². The molecule has 21 heavy (non-hydrogen) atoms. The van der Waals surface area contributed by atoms with E-state index in [0.717, 1.165) is 5.56 Å². The van der Waals surface area contributed by atoms with E-state index in [1.54, 1.807) is 0 Å². The van der Waals surface area contributed by atoms with E-state index in [9.17, 15) is 8.42 Å². The van der Waals surface area contributed by atoms with Crippen molar-refractivity contribution in [1.29, 1.82) is 0 Å². The number of fused-ring (bicyclic) bond motifs is 1. The summed E-state index contributed by atoms with van der Waals surface area (Å²) in [6.45, 7) is 0.778. The second kappa shape index (κ2) is 5.59. The quantitative estimate of drug-likeness (QED) is 0.935. The molecule has 0 atom stereocenters. The Labute approximate surface area is 128 Å². The summed E-state index contributed by atoms with van der Waals surface area (Å²) in [5, 5.41) is 0.138. The zero-order chi connectivity index (χ0) is 14.9. The third kappa shape index (κ3) is 3.15. The molecule has 1 aromatic carbocycles. The normalized spacial score (nSPS) is 15.5. The number of benzene rings is 1. The summed E-state index contributed by atoms with van der Waals surface area (Å²) < 4.78 is 28.5. The van der Waals surface area contributed by atoms with Crippen LogP contribution >= 0.6 is 11.6 Å². The minimum atomic E-state index is -3.67. The van der Waals surface area contributed by atoms with Gasteiger partial charge in [-0.1, -0.05) is 35.9 Å². The molecule has 2 heterocycles. The van der Waals surface area contributed by atoms with Gasteiger partial charge in [-0.2, -0.15) is 12.7 Å². The Bertz CT molecular complexity index is 766. The zero-order valence-electron chi connectivity index (χ0n) is 11.0. The number of anilines is 1. The molecule has 1 aliphatic rings. The third-order valence-corrected chi connectivity index (χ3v) is 4.91. The van der Waals surface area contributed by atoms with Crippen LogP contribution in [-0.4, -0.2) is 29.2 Å². The highest BCUT2D eigenvalue weighted by molar-refractivity contribution is 7.90. The van der Waals surface area contributed by atoms with E-state index in [-0.39, 0.29) is 11.0 Å². The lowest BCUT2D eigenvalue weighted by Gasteiger charge is -2.27. The minimum Gasteiger partial charge on any atom is -0.258 e. The standard InChI is InChI=1S/C13H13ClN4O2S/c14-12-7-15-8-13(16-12)17-21(19,20)18-6-5-10-3-1-2-4-11(10)9-18/h1-4,7-8H,5-6,9H2,(H,16,17). The van der Waals surface area contributed by atoms with Crippen molar-refractivity contribution < 1.29 is 8.42 Å². The summed E-state index contributed by atoms with van der Waals surface area (Å²) in [6, 6.07) is 7.83. The SMILES string of the molecule is O=S(=O)(Nc1cncc(Cl)n1)N1CCc2ccccc2C1. The number of nitrogens with zero attached hydrogens (tertiary/aromatic N) is 3. The van der Waals surface area contributed by atoms with Crippen LogP contribution in [0.1, 0.15) is 11.1 Å². The van der Waals surface area contributed by atoms with Gasteiger partial charge in [0.05, 0.1) is 12.4 Å². The maximum Gasteiger partial charge on any atom is 0.303 e. The van der Waals surface area contributed by atoms with E-state index in [0.29, 0.717) is 19.5 Å². The Morgan fingerprint density at radius 3 is 2.71 bits per heavy atom. The molecule has 0 saturated carbocycles. The lowest BCUT2D eigenvalue weighted by molar-refractivity contribution is 0.394. The number of hydrogen-bond acceptors (Lipinski definition) is 4. The first kappa shape index (κ1) is 14.2. The van der Waals surface area contributed by atoms with Crippen molar-refractivity contribution in [3.8, 4) is 0 Å². The van der Waals surface area contributed by atoms with Gasteiger partial charge in [0.2, 0.25) is 0 Å². The van der Waals surface area contributed by atoms with E-state index in [1.807, 2.05) is 24.3 Å². The van der Waals surface area contributed by atoms with Crippen LogP contribution in [0.25, 0.3) is 0 Å². The molecule has 0 bridgehead atoms. The van der Waals surface area contributed by atoms with Gasteiger partial charge in [0.1, 0.15) is 5.15 Å². The van der Waals surface area contributed by atoms with E-state index >= 15 is 0 Å². The first-order valence-electron chi connectivity index (χ1n) is 6.37. The molecule has 0 fully saturated rings. The Hall–Kier alpha value is -1.70. The summed E-state index contributed by atoms with van der Waals surface area (Å²) in [4.78, 5) is 7.69. The molecule has 8 heteroatoms. The molecule has 1 N–H and O–H groups in total. The van der Waals surface area contributed by atoms with Gasteiger partial charge in [0.15, 0.2) is 5.82 Å². The minimum absolute atomic E-state index is 0.112. The second-order valence-corrected chi connectivity index (χ2v) is 6.74. The number of hydrogen-bond donors (Lipinski definition) is 1. The van der Waals surface area contributed by atoms with Crippen molar-refractivity contribution in [2.24, 2.45) is 0 Å². The van der Waals surface area contributed by atoms with Crippen molar-refractivity contribution in [3.05, 3.63) is 52.9 Å². The molecule has 2 aromatic rings. The van der Waals surface area contributed by atoms with E-state index in [2.05, 4.69) is 14.7 Å². The van der Waals surface area contributed by atoms with Crippen molar-refractivity contribution in [3.63, 3.8) is 0 Å². The summed E-state index contributed by atoms with van der Waals surface area (Å²) in [5.74, 6) is 0.112. The highest BCUT2D eigenvalue weighted by Crippen LogP contribution is 2.21. The molecule has 0 spiro atoms. The van der Waals surface area contributed by atoms with Gasteiger partial charge >= 0.3 is 10.2 Å². The van der Waals surface area contributed by atoms with Crippen molar-refractivity contribution in [2.75, 3.05) is 11.3 Å². The molecule has 110 valence electrons. The number of rotatable bonds is 3. The maximum atomic E-state index is 12.4. The lowest BCUT2D eigenvalue weighted by atomic mass is 10.0. The second-order valence-electron chi connectivity index (χ2n) is 4.69. The molecule has 0 radical (unpaired) electrons. The molecule has 0 saturated heterocycles. The van der Waals surface area contributed by atoms with Gasteiger partial charge in [-0.15, -0.1) is 0 Å². The average molecular weight is 325 g/mol. The molecule has 0 aliphatic carbocycles. The van der Waals surface area contributed by atoms with Gasteiger partial charge in [0, 0.05) is 13.1 Å². The fourth-order valence-electron chi connectivity index (χ4n) is 2.26. The largest absolute Gasteiger partial charge is 0.303 e. The van der Waals surface area contributed by atoms with Crippen molar-refractivity contribution in [1.82, 2.24) is 14.3 Å². The van der Waals surface area contributed by atoms with Gasteiger partial charge < -0.3 is 0 Å². The molecular weight excluding hydrogens is 312 g/mol. The molecule has 1 aromatic heterocycles. The van der Waals surface area contributed by atoms with Crippen molar-refractivity contribution >= 4 is 27.6 Å². The Morgan fingerprint density at radius 1 is 1.19 bits per heavy atom. The van der Waals surface area contributed by atoms with E-state index in [1.165, 1.54) is 22.3 Å². The average Bonchev–Trinajstić information content (AvgIpc) is 2.46. The van der Waals surface area contributed by atoms with Crippen molar-refractivity contribution in [2.45, 2.75) is 13.0 Å². The first-order chi connectivity index (χ1) is 10.0. The Balaban J connectivity index is 1.80.